The second-order valence-electron chi connectivity index (χ2n) is 5.19. The molecule has 0 aromatic carbocycles. The van der Waals surface area contributed by atoms with Gasteiger partial charge in [-0.05, 0) is 51.5 Å². The topological polar surface area (TPSA) is 40.5 Å². The minimum Gasteiger partial charge on any atom is -0.480 e. The van der Waals surface area contributed by atoms with E-state index >= 15 is 0 Å². The minimum absolute atomic E-state index is 0.508. The Morgan fingerprint density at radius 1 is 1.60 bits per heavy atom. The lowest BCUT2D eigenvalue weighted by Crippen LogP contribution is -2.53. The molecule has 3 nitrogen and oxygen atoms in total. The van der Waals surface area contributed by atoms with Crippen LogP contribution in [0.15, 0.2) is 0 Å². The summed E-state index contributed by atoms with van der Waals surface area (Å²) in [7, 11) is 0. The number of carboxylic acid groups (broad SMARTS) is 1. The third kappa shape index (κ3) is 1.78. The molecule has 1 heterocycles. The number of likely N-dealkylation sites (tertiary alicyclic amines) is 1. The number of carbonyl (C=O) groups is 1. The van der Waals surface area contributed by atoms with Gasteiger partial charge in [-0.15, -0.1) is 0 Å². The monoisotopic (exact) mass is 211 g/mol. The molecule has 1 saturated heterocycles. The van der Waals surface area contributed by atoms with Crippen LogP contribution in [0.3, 0.4) is 0 Å². The van der Waals surface area contributed by atoms with Gasteiger partial charge in [0.25, 0.3) is 0 Å². The maximum atomic E-state index is 11.4. The molecule has 1 aliphatic carbocycles. The third-order valence-electron chi connectivity index (χ3n) is 4.14. The first kappa shape index (κ1) is 10.9. The second kappa shape index (κ2) is 3.78. The van der Waals surface area contributed by atoms with Gasteiger partial charge in [-0.3, -0.25) is 9.69 Å². The average molecular weight is 211 g/mol. The predicted molar refractivity (Wildman–Crippen MR) is 58.8 cm³/mol. The lowest BCUT2D eigenvalue weighted by molar-refractivity contribution is -0.150. The Hall–Kier alpha value is -0.570. The molecular weight excluding hydrogens is 190 g/mol. The van der Waals surface area contributed by atoms with Crippen LogP contribution in [0.4, 0.5) is 0 Å². The molecule has 1 N–H and O–H groups in total. The Balaban J connectivity index is 2.15. The Bertz CT molecular complexity index is 262. The summed E-state index contributed by atoms with van der Waals surface area (Å²) in [5.74, 6) is 0.130. The number of nitrogens with zero attached hydrogens (tertiary/aromatic N) is 1. The van der Waals surface area contributed by atoms with Crippen LogP contribution >= 0.6 is 0 Å². The summed E-state index contributed by atoms with van der Waals surface area (Å²) in [6, 6.07) is 0.508. The molecule has 1 aliphatic heterocycles. The highest BCUT2D eigenvalue weighted by Crippen LogP contribution is 2.42. The zero-order chi connectivity index (χ0) is 11.1. The summed E-state index contributed by atoms with van der Waals surface area (Å²) in [6.45, 7) is 5.05. The third-order valence-corrected chi connectivity index (χ3v) is 4.14. The van der Waals surface area contributed by atoms with E-state index in [4.69, 9.17) is 0 Å². The summed E-state index contributed by atoms with van der Waals surface area (Å²) in [4.78, 5) is 13.6. The van der Waals surface area contributed by atoms with Gasteiger partial charge in [0.2, 0.25) is 0 Å². The van der Waals surface area contributed by atoms with E-state index in [1.807, 2.05) is 6.92 Å². The van der Waals surface area contributed by atoms with Gasteiger partial charge in [0.15, 0.2) is 0 Å². The van der Waals surface area contributed by atoms with Gasteiger partial charge < -0.3 is 5.11 Å². The molecule has 3 heteroatoms. The predicted octanol–water partition coefficient (Wildman–Crippen LogP) is 2.11. The van der Waals surface area contributed by atoms with Crippen LogP contribution in [0.2, 0.25) is 0 Å². The van der Waals surface area contributed by atoms with Crippen LogP contribution in [0, 0.1) is 5.92 Å². The normalized spacial score (nSPS) is 34.3. The molecule has 86 valence electrons. The van der Waals surface area contributed by atoms with Crippen molar-refractivity contribution in [3.63, 3.8) is 0 Å². The van der Waals surface area contributed by atoms with Gasteiger partial charge in [-0.2, -0.15) is 0 Å². The lowest BCUT2D eigenvalue weighted by atomic mass is 9.95. The number of rotatable bonds is 4. The van der Waals surface area contributed by atoms with E-state index in [9.17, 15) is 9.90 Å². The highest BCUT2D eigenvalue weighted by molar-refractivity contribution is 5.78. The van der Waals surface area contributed by atoms with E-state index in [0.29, 0.717) is 6.04 Å². The van der Waals surface area contributed by atoms with Crippen LogP contribution in [0.25, 0.3) is 0 Å². The van der Waals surface area contributed by atoms with Crippen molar-refractivity contribution in [1.82, 2.24) is 4.90 Å². The molecule has 2 aliphatic rings. The van der Waals surface area contributed by atoms with Crippen LogP contribution in [0.1, 0.15) is 46.0 Å². The number of hydrogen-bond acceptors (Lipinski definition) is 2. The summed E-state index contributed by atoms with van der Waals surface area (Å²) in [6.07, 6.45) is 5.53. The van der Waals surface area contributed by atoms with Crippen LogP contribution < -0.4 is 0 Å². The van der Waals surface area contributed by atoms with E-state index in [2.05, 4.69) is 11.8 Å². The van der Waals surface area contributed by atoms with Gasteiger partial charge in [-0.1, -0.05) is 6.92 Å². The second-order valence-corrected chi connectivity index (χ2v) is 5.19. The van der Waals surface area contributed by atoms with Gasteiger partial charge in [-0.25, -0.2) is 0 Å². The molecule has 0 aromatic rings. The van der Waals surface area contributed by atoms with Gasteiger partial charge in [0.1, 0.15) is 5.54 Å². The first-order chi connectivity index (χ1) is 7.09. The molecule has 0 amide bonds. The van der Waals surface area contributed by atoms with Gasteiger partial charge >= 0.3 is 5.97 Å². The summed E-state index contributed by atoms with van der Waals surface area (Å²) >= 11 is 0. The highest BCUT2D eigenvalue weighted by atomic mass is 16.4. The first-order valence-corrected chi connectivity index (χ1v) is 6.09. The lowest BCUT2D eigenvalue weighted by Gasteiger charge is -2.37. The fourth-order valence-electron chi connectivity index (χ4n) is 3.03. The summed E-state index contributed by atoms with van der Waals surface area (Å²) in [5.41, 5.74) is -0.594. The van der Waals surface area contributed by atoms with Gasteiger partial charge in [0, 0.05) is 6.04 Å². The number of carboxylic acids is 1. The first-order valence-electron chi connectivity index (χ1n) is 6.09. The fraction of sp³-hybridized carbons (Fsp3) is 0.917. The molecule has 0 bridgehead atoms. The molecule has 0 radical (unpaired) electrons. The van der Waals surface area contributed by atoms with Crippen molar-refractivity contribution in [3.05, 3.63) is 0 Å². The van der Waals surface area contributed by atoms with E-state index < -0.39 is 11.5 Å². The number of aliphatic carboxylic acids is 1. The molecule has 0 spiro atoms. The maximum absolute atomic E-state index is 11.4. The highest BCUT2D eigenvalue weighted by Gasteiger charge is 2.49. The Labute approximate surface area is 91.5 Å². The van der Waals surface area contributed by atoms with Crippen LogP contribution in [0.5, 0.6) is 0 Å². The molecule has 2 unspecified atom stereocenters. The molecule has 2 fully saturated rings. The zero-order valence-corrected chi connectivity index (χ0v) is 9.70. The smallest absolute Gasteiger partial charge is 0.323 e. The summed E-state index contributed by atoms with van der Waals surface area (Å²) < 4.78 is 0. The van der Waals surface area contributed by atoms with Crippen molar-refractivity contribution in [2.75, 3.05) is 6.54 Å². The van der Waals surface area contributed by atoms with E-state index in [1.165, 1.54) is 12.8 Å². The molecule has 2 rings (SSSR count). The Morgan fingerprint density at radius 2 is 2.27 bits per heavy atom. The summed E-state index contributed by atoms with van der Waals surface area (Å²) in [5, 5.41) is 9.35. The van der Waals surface area contributed by atoms with Crippen LogP contribution in [-0.4, -0.2) is 34.1 Å². The Kier molecular flexibility index (Phi) is 2.75. The van der Waals surface area contributed by atoms with E-state index in [-0.39, 0.29) is 0 Å². The van der Waals surface area contributed by atoms with Crippen molar-refractivity contribution < 1.29 is 9.90 Å². The van der Waals surface area contributed by atoms with Crippen molar-refractivity contribution in [3.8, 4) is 0 Å². The quantitative estimate of drug-likeness (QED) is 0.774. The average Bonchev–Trinajstić information content (AvgIpc) is 2.93. The molecule has 2 atom stereocenters. The molecular formula is C12H21NO2. The largest absolute Gasteiger partial charge is 0.480 e. The molecule has 1 saturated carbocycles. The van der Waals surface area contributed by atoms with Crippen molar-refractivity contribution in [2.24, 2.45) is 5.92 Å². The number of hydrogen-bond donors (Lipinski definition) is 1. The van der Waals surface area contributed by atoms with E-state index in [1.54, 1.807) is 0 Å². The Morgan fingerprint density at radius 3 is 2.73 bits per heavy atom. The molecule has 15 heavy (non-hydrogen) atoms. The zero-order valence-electron chi connectivity index (χ0n) is 9.70. The molecule has 0 aromatic heterocycles. The SMILES string of the molecule is CCC(C1CC1)N1CCCC1(C)C(=O)O. The van der Waals surface area contributed by atoms with E-state index in [0.717, 1.165) is 31.7 Å². The van der Waals surface area contributed by atoms with Gasteiger partial charge in [0.05, 0.1) is 0 Å². The van der Waals surface area contributed by atoms with Crippen molar-refractivity contribution >= 4 is 5.97 Å². The van der Waals surface area contributed by atoms with Crippen molar-refractivity contribution in [1.29, 1.82) is 0 Å². The fourth-order valence-corrected chi connectivity index (χ4v) is 3.03. The standard InChI is InChI=1S/C12H21NO2/c1-3-10(9-5-6-9)13-8-4-7-12(13,2)11(14)15/h9-10H,3-8H2,1-2H3,(H,14,15). The minimum atomic E-state index is -0.640. The van der Waals surface area contributed by atoms with Crippen LogP contribution in [-0.2, 0) is 4.79 Å². The van der Waals surface area contributed by atoms with Crippen molar-refractivity contribution in [2.45, 2.75) is 57.5 Å². The maximum Gasteiger partial charge on any atom is 0.323 e.